The van der Waals surface area contributed by atoms with Crippen molar-refractivity contribution >= 4 is 5.71 Å². The van der Waals surface area contributed by atoms with Gasteiger partial charge in [-0.2, -0.15) is 0 Å². The second kappa shape index (κ2) is 5.87. The third-order valence-corrected chi connectivity index (χ3v) is 2.48. The van der Waals surface area contributed by atoms with Gasteiger partial charge >= 0.3 is 0 Å². The molecule has 0 aliphatic heterocycles. The van der Waals surface area contributed by atoms with Gasteiger partial charge in [0.1, 0.15) is 18.6 Å². The van der Waals surface area contributed by atoms with Gasteiger partial charge in [0.2, 0.25) is 0 Å². The molecule has 3 nitrogen and oxygen atoms in total. The van der Waals surface area contributed by atoms with Gasteiger partial charge in [0, 0.05) is 0 Å². The first-order valence-corrected chi connectivity index (χ1v) is 5.70. The summed E-state index contributed by atoms with van der Waals surface area (Å²) in [6.07, 6.45) is 0. The molecule has 2 rings (SSSR count). The van der Waals surface area contributed by atoms with E-state index in [-0.39, 0.29) is 0 Å². The number of rotatable bonds is 4. The van der Waals surface area contributed by atoms with Crippen LogP contribution in [0.25, 0.3) is 0 Å². The van der Waals surface area contributed by atoms with Gasteiger partial charge in [-0.25, -0.2) is 0 Å². The summed E-state index contributed by atoms with van der Waals surface area (Å²) in [4.78, 5) is 4.74. The zero-order chi connectivity index (χ0) is 12.8. The lowest BCUT2D eigenvalue weighted by atomic mass is 10.1. The van der Waals surface area contributed by atoms with E-state index in [9.17, 15) is 0 Å². The lowest BCUT2D eigenvalue weighted by molar-refractivity contribution is 0.213. The molecule has 18 heavy (non-hydrogen) atoms. The Morgan fingerprint density at radius 2 is 1.50 bits per heavy atom. The molecule has 0 amide bonds. The molecule has 0 unspecified atom stereocenters. The fourth-order valence-electron chi connectivity index (χ4n) is 1.58. The number of hydrogen-bond acceptors (Lipinski definition) is 3. The number of hydrogen-bond donors (Lipinski definition) is 0. The Labute approximate surface area is 107 Å². The molecule has 0 bridgehead atoms. The molecule has 0 spiro atoms. The summed E-state index contributed by atoms with van der Waals surface area (Å²) in [6.45, 7) is 1.90. The minimum absolute atomic E-state index is 0.801. The van der Waals surface area contributed by atoms with Crippen LogP contribution in [0.15, 0.2) is 59.8 Å². The van der Waals surface area contributed by atoms with Crippen LogP contribution in [0.3, 0.4) is 0 Å². The summed E-state index contributed by atoms with van der Waals surface area (Å²) in [5.41, 5.74) is 1.85. The minimum Gasteiger partial charge on any atom is -0.457 e. The summed E-state index contributed by atoms with van der Waals surface area (Å²) in [7, 11) is 1.54. The molecule has 0 radical (unpaired) electrons. The standard InChI is InChI=1S/C15H15NO2/c1-12(16-17-2)13-8-10-15(11-9-13)18-14-6-4-3-5-7-14/h3-11H,1-2H3. The van der Waals surface area contributed by atoms with Crippen molar-refractivity contribution in [3.05, 3.63) is 60.2 Å². The highest BCUT2D eigenvalue weighted by Gasteiger charge is 2.00. The average molecular weight is 241 g/mol. The van der Waals surface area contributed by atoms with Gasteiger partial charge in [-0.15, -0.1) is 0 Å². The van der Waals surface area contributed by atoms with Crippen LogP contribution in [0.4, 0.5) is 0 Å². The molecule has 0 N–H and O–H groups in total. The van der Waals surface area contributed by atoms with Crippen molar-refractivity contribution in [2.45, 2.75) is 6.92 Å². The van der Waals surface area contributed by atoms with E-state index < -0.39 is 0 Å². The maximum atomic E-state index is 5.70. The third-order valence-electron chi connectivity index (χ3n) is 2.48. The van der Waals surface area contributed by atoms with E-state index in [1.54, 1.807) is 0 Å². The summed E-state index contributed by atoms with van der Waals surface area (Å²) >= 11 is 0. The lowest BCUT2D eigenvalue weighted by Gasteiger charge is -2.06. The van der Waals surface area contributed by atoms with E-state index in [0.29, 0.717) is 0 Å². The highest BCUT2D eigenvalue weighted by atomic mass is 16.6. The van der Waals surface area contributed by atoms with Gasteiger partial charge in [-0.1, -0.05) is 23.4 Å². The van der Waals surface area contributed by atoms with Crippen molar-refractivity contribution in [1.82, 2.24) is 0 Å². The van der Waals surface area contributed by atoms with Crippen LogP contribution >= 0.6 is 0 Å². The average Bonchev–Trinajstić information content (AvgIpc) is 2.41. The first-order valence-electron chi connectivity index (χ1n) is 5.70. The third kappa shape index (κ3) is 3.10. The summed E-state index contributed by atoms with van der Waals surface area (Å²) in [6, 6.07) is 17.4. The molecule has 0 heterocycles. The second-order valence-electron chi connectivity index (χ2n) is 3.80. The maximum absolute atomic E-state index is 5.70. The van der Waals surface area contributed by atoms with E-state index in [1.807, 2.05) is 61.5 Å². The van der Waals surface area contributed by atoms with Gasteiger partial charge in [0.05, 0.1) is 5.71 Å². The molecule has 2 aromatic carbocycles. The first kappa shape index (κ1) is 12.2. The molecule has 0 aliphatic rings. The molecular weight excluding hydrogens is 226 g/mol. The molecule has 3 heteroatoms. The van der Waals surface area contributed by atoms with E-state index in [4.69, 9.17) is 9.57 Å². The van der Waals surface area contributed by atoms with Crippen LogP contribution in [0.5, 0.6) is 11.5 Å². The van der Waals surface area contributed by atoms with Crippen molar-refractivity contribution in [3.63, 3.8) is 0 Å². The fourth-order valence-corrected chi connectivity index (χ4v) is 1.58. The molecule has 0 saturated heterocycles. The Balaban J connectivity index is 2.11. The van der Waals surface area contributed by atoms with Gasteiger partial charge in [-0.3, -0.25) is 0 Å². The Morgan fingerprint density at radius 1 is 0.889 bits per heavy atom. The van der Waals surface area contributed by atoms with Gasteiger partial charge < -0.3 is 9.57 Å². The van der Waals surface area contributed by atoms with Crippen molar-refractivity contribution in [3.8, 4) is 11.5 Å². The zero-order valence-electron chi connectivity index (χ0n) is 10.5. The number of ether oxygens (including phenoxy) is 1. The van der Waals surface area contributed by atoms with Crippen LogP contribution in [0.2, 0.25) is 0 Å². The van der Waals surface area contributed by atoms with Crippen molar-refractivity contribution in [2.75, 3.05) is 7.11 Å². The second-order valence-corrected chi connectivity index (χ2v) is 3.80. The van der Waals surface area contributed by atoms with Gasteiger partial charge in [0.15, 0.2) is 0 Å². The molecule has 0 atom stereocenters. The zero-order valence-corrected chi connectivity index (χ0v) is 10.5. The predicted molar refractivity (Wildman–Crippen MR) is 72.2 cm³/mol. The Bertz CT molecular complexity index is 518. The molecule has 0 fully saturated rings. The van der Waals surface area contributed by atoms with Crippen LogP contribution in [-0.4, -0.2) is 12.8 Å². The quantitative estimate of drug-likeness (QED) is 0.601. The fraction of sp³-hybridized carbons (Fsp3) is 0.133. The van der Waals surface area contributed by atoms with E-state index in [1.165, 1.54) is 7.11 Å². The van der Waals surface area contributed by atoms with E-state index >= 15 is 0 Å². The van der Waals surface area contributed by atoms with E-state index in [2.05, 4.69) is 5.16 Å². The Kier molecular flexibility index (Phi) is 3.97. The largest absolute Gasteiger partial charge is 0.457 e. The monoisotopic (exact) mass is 241 g/mol. The number of oxime groups is 1. The highest BCUT2D eigenvalue weighted by molar-refractivity contribution is 5.98. The lowest BCUT2D eigenvalue weighted by Crippen LogP contribution is -1.95. The smallest absolute Gasteiger partial charge is 0.127 e. The number of benzene rings is 2. The van der Waals surface area contributed by atoms with E-state index in [0.717, 1.165) is 22.8 Å². The summed E-state index contributed by atoms with van der Waals surface area (Å²) < 4.78 is 5.70. The number of nitrogens with zero attached hydrogens (tertiary/aromatic N) is 1. The first-order chi connectivity index (χ1) is 8.79. The van der Waals surface area contributed by atoms with Crippen molar-refractivity contribution in [1.29, 1.82) is 0 Å². The van der Waals surface area contributed by atoms with Crippen LogP contribution < -0.4 is 4.74 Å². The summed E-state index contributed by atoms with van der Waals surface area (Å²) in [5, 5.41) is 3.88. The van der Waals surface area contributed by atoms with Crippen LogP contribution in [0, 0.1) is 0 Å². The number of para-hydroxylation sites is 1. The molecule has 0 saturated carbocycles. The normalized spacial score (nSPS) is 11.1. The minimum atomic E-state index is 0.801. The van der Waals surface area contributed by atoms with Crippen molar-refractivity contribution in [2.24, 2.45) is 5.16 Å². The molecule has 0 aliphatic carbocycles. The highest BCUT2D eigenvalue weighted by Crippen LogP contribution is 2.21. The molecular formula is C15H15NO2. The van der Waals surface area contributed by atoms with Crippen molar-refractivity contribution < 1.29 is 9.57 Å². The van der Waals surface area contributed by atoms with Gasteiger partial charge in [-0.05, 0) is 48.9 Å². The Morgan fingerprint density at radius 3 is 2.11 bits per heavy atom. The predicted octanol–water partition coefficient (Wildman–Crippen LogP) is 3.85. The topological polar surface area (TPSA) is 30.8 Å². The van der Waals surface area contributed by atoms with Gasteiger partial charge in [0.25, 0.3) is 0 Å². The summed E-state index contributed by atoms with van der Waals surface area (Å²) in [5.74, 6) is 1.63. The SMILES string of the molecule is CON=C(C)c1ccc(Oc2ccccc2)cc1. The molecule has 0 aromatic heterocycles. The van der Waals surface area contributed by atoms with Crippen LogP contribution in [0.1, 0.15) is 12.5 Å². The molecule has 92 valence electrons. The molecule has 2 aromatic rings. The Hall–Kier alpha value is -2.29. The van der Waals surface area contributed by atoms with Crippen LogP contribution in [-0.2, 0) is 4.84 Å². The maximum Gasteiger partial charge on any atom is 0.127 e.